The van der Waals surface area contributed by atoms with Gasteiger partial charge in [-0.2, -0.15) is 5.10 Å². The van der Waals surface area contributed by atoms with Gasteiger partial charge < -0.3 is 14.6 Å². The van der Waals surface area contributed by atoms with Gasteiger partial charge in [-0.15, -0.1) is 5.10 Å². The van der Waals surface area contributed by atoms with E-state index in [4.69, 9.17) is 44.5 Å². The molecule has 7 rings (SSSR count). The minimum atomic E-state index is -0.448. The van der Waals surface area contributed by atoms with Crippen molar-refractivity contribution < 1.29 is 9.53 Å². The van der Waals surface area contributed by atoms with Crippen LogP contribution in [0.3, 0.4) is 0 Å². The van der Waals surface area contributed by atoms with E-state index in [1.165, 1.54) is 10.7 Å². The van der Waals surface area contributed by atoms with E-state index >= 15 is 0 Å². The molecule has 236 valence electrons. The minimum absolute atomic E-state index is 0.0392. The lowest BCUT2D eigenvalue weighted by atomic mass is 9.96. The zero-order valence-electron chi connectivity index (χ0n) is 24.7. The Bertz CT molecular complexity index is 2000. The lowest BCUT2D eigenvalue weighted by Crippen LogP contribution is -2.27. The van der Waals surface area contributed by atoms with Gasteiger partial charge in [-0.25, -0.2) is 4.68 Å². The van der Waals surface area contributed by atoms with Crippen molar-refractivity contribution in [3.8, 4) is 28.1 Å². The third kappa shape index (κ3) is 5.84. The monoisotopic (exact) mass is 678 g/mol. The van der Waals surface area contributed by atoms with Crippen molar-refractivity contribution in [2.45, 2.75) is 44.7 Å². The van der Waals surface area contributed by atoms with E-state index in [-0.39, 0.29) is 28.6 Å². The van der Waals surface area contributed by atoms with Crippen molar-refractivity contribution in [1.82, 2.24) is 34.3 Å². The molecule has 1 saturated heterocycles. The normalized spacial score (nSPS) is 20.1. The van der Waals surface area contributed by atoms with Crippen LogP contribution in [0.5, 0.6) is 0 Å². The fourth-order valence-electron chi connectivity index (χ4n) is 6.20. The first kappa shape index (κ1) is 30.6. The lowest BCUT2D eigenvalue weighted by molar-refractivity contribution is -0.119. The number of nitrogens with zero attached hydrogens (tertiary/aromatic N) is 7. The number of hydrogen-bond acceptors (Lipinski definition) is 7. The Hall–Kier alpha value is -4.03. The van der Waals surface area contributed by atoms with Gasteiger partial charge in [-0.1, -0.05) is 53.4 Å². The van der Waals surface area contributed by atoms with Crippen molar-refractivity contribution in [1.29, 1.82) is 0 Å². The summed E-state index contributed by atoms with van der Waals surface area (Å²) in [5, 5.41) is 16.7. The van der Waals surface area contributed by atoms with Gasteiger partial charge in [0, 0.05) is 52.7 Å². The molecule has 1 aromatic carbocycles. The second-order valence-electron chi connectivity index (χ2n) is 11.6. The molecule has 0 spiro atoms. The highest BCUT2D eigenvalue weighted by atomic mass is 35.5. The van der Waals surface area contributed by atoms with Crippen molar-refractivity contribution in [2.75, 3.05) is 18.5 Å². The summed E-state index contributed by atoms with van der Waals surface area (Å²) in [6.45, 7) is 3.10. The number of anilines is 1. The van der Waals surface area contributed by atoms with E-state index in [0.29, 0.717) is 70.7 Å². The van der Waals surface area contributed by atoms with Crippen LogP contribution in [0, 0.1) is 5.92 Å². The number of carbonyl (C=O) groups excluding carboxylic acids is 1. The van der Waals surface area contributed by atoms with E-state index in [0.717, 1.165) is 17.7 Å². The molecule has 0 aliphatic carbocycles. The number of amides is 1. The summed E-state index contributed by atoms with van der Waals surface area (Å²) in [5.74, 6) is -0.336. The number of hydrogen-bond donors (Lipinski definition) is 1. The maximum absolute atomic E-state index is 14.0. The van der Waals surface area contributed by atoms with Gasteiger partial charge in [-0.3, -0.25) is 19.3 Å². The molecule has 2 aliphatic heterocycles. The highest BCUT2D eigenvalue weighted by Gasteiger charge is 2.28. The van der Waals surface area contributed by atoms with Gasteiger partial charge in [0.1, 0.15) is 0 Å². The van der Waals surface area contributed by atoms with Gasteiger partial charge in [-0.05, 0) is 49.6 Å². The third-order valence-electron chi connectivity index (χ3n) is 8.59. The molecule has 0 radical (unpaired) electrons. The molecule has 5 aromatic rings. The highest BCUT2D eigenvalue weighted by Crippen LogP contribution is 2.37. The van der Waals surface area contributed by atoms with Crippen LogP contribution in [0.2, 0.25) is 15.2 Å². The van der Waals surface area contributed by atoms with Crippen LogP contribution in [-0.2, 0) is 9.53 Å². The van der Waals surface area contributed by atoms with Crippen LogP contribution >= 0.6 is 34.8 Å². The molecule has 1 N–H and O–H groups in total. The molecule has 4 aromatic heterocycles. The summed E-state index contributed by atoms with van der Waals surface area (Å²) < 4.78 is 10.7. The summed E-state index contributed by atoms with van der Waals surface area (Å²) in [6.07, 6.45) is 9.30. The largest absolute Gasteiger partial charge is 0.379 e. The molecule has 14 heteroatoms. The van der Waals surface area contributed by atoms with Gasteiger partial charge in [0.2, 0.25) is 5.91 Å². The summed E-state index contributed by atoms with van der Waals surface area (Å²) in [4.78, 5) is 31.9. The second kappa shape index (κ2) is 12.6. The van der Waals surface area contributed by atoms with Crippen molar-refractivity contribution in [3.63, 3.8) is 0 Å². The molecule has 1 amide bonds. The number of halogens is 3. The second-order valence-corrected chi connectivity index (χ2v) is 12.8. The Morgan fingerprint density at radius 1 is 1.00 bits per heavy atom. The molecule has 0 saturated carbocycles. The Balaban J connectivity index is 1.34. The number of carbonyl (C=O) groups is 1. The Morgan fingerprint density at radius 2 is 1.87 bits per heavy atom. The molecule has 3 unspecified atom stereocenters. The van der Waals surface area contributed by atoms with Crippen molar-refractivity contribution in [2.24, 2.45) is 5.92 Å². The summed E-state index contributed by atoms with van der Waals surface area (Å²) >= 11 is 19.4. The minimum Gasteiger partial charge on any atom is -0.379 e. The Labute approximate surface area is 279 Å². The van der Waals surface area contributed by atoms with Crippen molar-refractivity contribution >= 4 is 46.4 Å². The van der Waals surface area contributed by atoms with E-state index < -0.39 is 6.04 Å². The van der Waals surface area contributed by atoms with E-state index in [9.17, 15) is 9.59 Å². The van der Waals surface area contributed by atoms with Crippen LogP contribution in [-0.4, -0.2) is 53.4 Å². The average Bonchev–Trinajstić information content (AvgIpc) is 3.82. The van der Waals surface area contributed by atoms with E-state index in [2.05, 4.69) is 20.7 Å². The molecule has 2 bridgehead atoms. The van der Waals surface area contributed by atoms with E-state index in [1.54, 1.807) is 47.6 Å². The molecular formula is C32H29Cl3N8O3. The topological polar surface area (TPSA) is 122 Å². The molecule has 2 aliphatic rings. The first-order valence-electron chi connectivity index (χ1n) is 15.0. The number of ether oxygens (including phenoxy) is 1. The predicted molar refractivity (Wildman–Crippen MR) is 176 cm³/mol. The van der Waals surface area contributed by atoms with Crippen LogP contribution in [0.1, 0.15) is 50.4 Å². The van der Waals surface area contributed by atoms with E-state index in [1.807, 2.05) is 23.7 Å². The van der Waals surface area contributed by atoms with Gasteiger partial charge in [0.25, 0.3) is 5.56 Å². The molecule has 6 heterocycles. The number of aromatic nitrogens is 7. The molecule has 11 nitrogen and oxygen atoms in total. The first-order valence-corrected chi connectivity index (χ1v) is 16.1. The van der Waals surface area contributed by atoms with Gasteiger partial charge in [0.15, 0.2) is 5.15 Å². The zero-order valence-corrected chi connectivity index (χ0v) is 27.0. The van der Waals surface area contributed by atoms with Crippen LogP contribution in [0.15, 0.2) is 66.0 Å². The Kier molecular flexibility index (Phi) is 8.41. The van der Waals surface area contributed by atoms with Gasteiger partial charge >= 0.3 is 0 Å². The average molecular weight is 680 g/mol. The fraction of sp³-hybridized carbons (Fsp3) is 0.312. The fourth-order valence-corrected chi connectivity index (χ4v) is 6.76. The number of rotatable bonds is 4. The number of nitrogens with one attached hydrogen (secondary N) is 1. The summed E-state index contributed by atoms with van der Waals surface area (Å²) in [5.41, 5.74) is 4.36. The van der Waals surface area contributed by atoms with Gasteiger partial charge in [0.05, 0.1) is 58.9 Å². The number of benzene rings is 1. The third-order valence-corrected chi connectivity index (χ3v) is 9.30. The lowest BCUT2D eigenvalue weighted by Gasteiger charge is -2.23. The number of fused-ring (bicyclic) bond motifs is 4. The summed E-state index contributed by atoms with van der Waals surface area (Å²) in [7, 11) is 0. The SMILES string of the molecule is CC1CCCC(n2cc(Cl)c(-c3cc(Cl)ccc3-n3cc(Cl)nn3)cc2=O)c2cc(ccn2)-c2c(cnn2C2CCOC2)NC1=O. The predicted octanol–water partition coefficient (Wildman–Crippen LogP) is 6.62. The molecule has 3 atom stereocenters. The summed E-state index contributed by atoms with van der Waals surface area (Å²) in [6, 6.07) is 10.2. The van der Waals surface area contributed by atoms with Crippen LogP contribution in [0.4, 0.5) is 5.69 Å². The standard InChI is InChI=1S/C32H29Cl3N8O3/c1-18-3-2-4-28(25-11-19(7-9-36-25)31-26(38-32(18)45)14-37-43(31)21-8-10-46-17-21)41-15-24(34)22(13-30(41)44)23-12-20(33)5-6-27(23)42-16-29(35)39-40-42/h5-7,9,11-16,18,21,28H,2-4,8,10,17H2,1H3,(H,38,45). The smallest absolute Gasteiger partial charge is 0.251 e. The molecule has 46 heavy (non-hydrogen) atoms. The Morgan fingerprint density at radius 3 is 2.65 bits per heavy atom. The molecule has 1 fully saturated rings. The quantitative estimate of drug-likeness (QED) is 0.227. The maximum Gasteiger partial charge on any atom is 0.251 e. The van der Waals surface area contributed by atoms with Crippen LogP contribution in [0.25, 0.3) is 28.1 Å². The van der Waals surface area contributed by atoms with Crippen molar-refractivity contribution in [3.05, 3.63) is 92.4 Å². The molecular weight excluding hydrogens is 651 g/mol. The highest BCUT2D eigenvalue weighted by molar-refractivity contribution is 6.34. The first-order chi connectivity index (χ1) is 22.3. The van der Waals surface area contributed by atoms with Crippen LogP contribution < -0.4 is 10.9 Å². The maximum atomic E-state index is 14.0. The zero-order chi connectivity index (χ0) is 31.9. The number of pyridine rings is 2.